The molecule has 0 fully saturated rings. The molecule has 3 aromatic rings. The molecule has 0 amide bonds. The van der Waals surface area contributed by atoms with Crippen LogP contribution in [0.4, 0.5) is 0 Å². The summed E-state index contributed by atoms with van der Waals surface area (Å²) < 4.78 is 7.69. The van der Waals surface area contributed by atoms with Crippen molar-refractivity contribution in [2.24, 2.45) is 0 Å². The molecule has 0 spiro atoms. The number of fused-ring (bicyclic) bond motifs is 2. The molecule has 7 nitrogen and oxygen atoms in total. The highest BCUT2D eigenvalue weighted by Gasteiger charge is 2.17. The number of aryl methyl sites for hydroxylation is 2. The van der Waals surface area contributed by atoms with Crippen molar-refractivity contribution in [3.63, 3.8) is 0 Å². The molecule has 0 bridgehead atoms. The fourth-order valence-electron chi connectivity index (χ4n) is 2.67. The fraction of sp³-hybridized carbons (Fsp3) is 0.250. The van der Waals surface area contributed by atoms with Crippen LogP contribution in [0.2, 0.25) is 0 Å². The van der Waals surface area contributed by atoms with E-state index < -0.39 is 5.97 Å². The summed E-state index contributed by atoms with van der Waals surface area (Å²) in [6, 6.07) is 5.03. The van der Waals surface area contributed by atoms with Gasteiger partial charge in [0.25, 0.3) is 5.56 Å². The lowest BCUT2D eigenvalue weighted by Crippen LogP contribution is -2.30. The van der Waals surface area contributed by atoms with Crippen LogP contribution in [0.1, 0.15) is 22.8 Å². The standard InChI is InChI=1S/C16H16N4O3/c1-4-19-12(17)10(16(22)23-3)8-11-14(19)18-13-9(2)6-5-7-20(13)15(11)21/h5-8,17H,4H2,1-3H3. The van der Waals surface area contributed by atoms with E-state index in [-0.39, 0.29) is 22.0 Å². The molecule has 0 unspecified atom stereocenters. The van der Waals surface area contributed by atoms with Gasteiger partial charge < -0.3 is 9.30 Å². The van der Waals surface area contributed by atoms with Gasteiger partial charge in [0.2, 0.25) is 0 Å². The molecular weight excluding hydrogens is 296 g/mol. The predicted octanol–water partition coefficient (Wildman–Crippen LogP) is 1.24. The smallest absolute Gasteiger partial charge is 0.341 e. The molecule has 3 aromatic heterocycles. The molecule has 1 N–H and O–H groups in total. The Bertz CT molecular complexity index is 1060. The zero-order valence-electron chi connectivity index (χ0n) is 13.1. The maximum atomic E-state index is 12.8. The third kappa shape index (κ3) is 2.12. The number of carbonyl (C=O) groups excluding carboxylic acids is 1. The second kappa shape index (κ2) is 5.35. The minimum atomic E-state index is -0.646. The van der Waals surface area contributed by atoms with Crippen LogP contribution in [0.3, 0.4) is 0 Å². The van der Waals surface area contributed by atoms with Crippen LogP contribution in [0.15, 0.2) is 29.2 Å². The number of ether oxygens (including phenoxy) is 1. The highest BCUT2D eigenvalue weighted by Crippen LogP contribution is 2.12. The molecule has 0 aliphatic carbocycles. The summed E-state index contributed by atoms with van der Waals surface area (Å²) in [7, 11) is 1.25. The topological polar surface area (TPSA) is 89.5 Å². The van der Waals surface area contributed by atoms with Gasteiger partial charge in [-0.05, 0) is 31.5 Å². The van der Waals surface area contributed by atoms with E-state index in [1.807, 2.05) is 19.9 Å². The zero-order chi connectivity index (χ0) is 16.7. The molecule has 0 radical (unpaired) electrons. The Labute approximate surface area is 131 Å². The number of nitrogens with zero attached hydrogens (tertiary/aromatic N) is 3. The molecule has 0 aromatic carbocycles. The third-order valence-corrected chi connectivity index (χ3v) is 3.86. The Morgan fingerprint density at radius 3 is 2.78 bits per heavy atom. The van der Waals surface area contributed by atoms with Gasteiger partial charge in [-0.15, -0.1) is 0 Å². The SMILES string of the molecule is CCn1c(=N)c(C(=O)OC)cc2c(=O)n3cccc(C)c3nc21. The van der Waals surface area contributed by atoms with Gasteiger partial charge in [-0.25, -0.2) is 9.78 Å². The summed E-state index contributed by atoms with van der Waals surface area (Å²) >= 11 is 0. The Kier molecular flexibility index (Phi) is 3.48. The van der Waals surface area contributed by atoms with Crippen LogP contribution in [-0.2, 0) is 11.3 Å². The number of esters is 1. The first-order valence-electron chi connectivity index (χ1n) is 7.18. The Balaban J connectivity index is 2.59. The number of aromatic nitrogens is 3. The molecule has 0 atom stereocenters. The average molecular weight is 312 g/mol. The van der Waals surface area contributed by atoms with Crippen molar-refractivity contribution in [3.05, 3.63) is 51.4 Å². The van der Waals surface area contributed by atoms with Gasteiger partial charge in [-0.3, -0.25) is 14.6 Å². The van der Waals surface area contributed by atoms with Crippen molar-refractivity contribution in [3.8, 4) is 0 Å². The van der Waals surface area contributed by atoms with E-state index in [4.69, 9.17) is 10.1 Å². The summed E-state index contributed by atoms with van der Waals surface area (Å²) in [4.78, 5) is 29.2. The van der Waals surface area contributed by atoms with Crippen molar-refractivity contribution >= 4 is 22.6 Å². The second-order valence-electron chi connectivity index (χ2n) is 5.18. The highest BCUT2D eigenvalue weighted by molar-refractivity contribution is 5.93. The minimum Gasteiger partial charge on any atom is -0.465 e. The van der Waals surface area contributed by atoms with Gasteiger partial charge in [0.15, 0.2) is 0 Å². The first kappa shape index (κ1) is 15.0. The lowest BCUT2D eigenvalue weighted by molar-refractivity contribution is 0.0597. The molecule has 7 heteroatoms. The van der Waals surface area contributed by atoms with Gasteiger partial charge in [0, 0.05) is 12.7 Å². The van der Waals surface area contributed by atoms with Crippen LogP contribution in [0.5, 0.6) is 0 Å². The highest BCUT2D eigenvalue weighted by atomic mass is 16.5. The fourth-order valence-corrected chi connectivity index (χ4v) is 2.67. The lowest BCUT2D eigenvalue weighted by Gasteiger charge is -2.12. The molecule has 0 aliphatic heterocycles. The molecule has 118 valence electrons. The number of carbonyl (C=O) groups is 1. The number of pyridine rings is 2. The van der Waals surface area contributed by atoms with Crippen molar-refractivity contribution < 1.29 is 9.53 Å². The summed E-state index contributed by atoms with van der Waals surface area (Å²) in [5, 5.41) is 8.49. The van der Waals surface area contributed by atoms with Crippen molar-refractivity contribution in [1.82, 2.24) is 14.0 Å². The number of hydrogen-bond donors (Lipinski definition) is 1. The predicted molar refractivity (Wildman–Crippen MR) is 84.6 cm³/mol. The quantitative estimate of drug-likeness (QED) is 0.569. The molecule has 0 saturated carbocycles. The molecule has 0 saturated heterocycles. The third-order valence-electron chi connectivity index (χ3n) is 3.86. The van der Waals surface area contributed by atoms with Gasteiger partial charge in [0.05, 0.1) is 12.5 Å². The van der Waals surface area contributed by atoms with Gasteiger partial charge in [-0.2, -0.15) is 0 Å². The minimum absolute atomic E-state index is 0.0170. The molecule has 3 heterocycles. The van der Waals surface area contributed by atoms with Crippen LogP contribution in [0, 0.1) is 12.3 Å². The largest absolute Gasteiger partial charge is 0.465 e. The Morgan fingerprint density at radius 2 is 2.13 bits per heavy atom. The summed E-state index contributed by atoms with van der Waals surface area (Å²) in [6.07, 6.45) is 1.64. The number of nitrogens with one attached hydrogen (secondary N) is 1. The first-order chi connectivity index (χ1) is 11.0. The van der Waals surface area contributed by atoms with Crippen LogP contribution < -0.4 is 11.0 Å². The van der Waals surface area contributed by atoms with Crippen molar-refractivity contribution in [2.75, 3.05) is 7.11 Å². The van der Waals surface area contributed by atoms with Crippen LogP contribution in [0.25, 0.3) is 16.7 Å². The van der Waals surface area contributed by atoms with Crippen LogP contribution in [-0.4, -0.2) is 27.0 Å². The molecular formula is C16H16N4O3. The van der Waals surface area contributed by atoms with E-state index >= 15 is 0 Å². The number of methoxy groups -OCH3 is 1. The summed E-state index contributed by atoms with van der Waals surface area (Å²) in [5.41, 5.74) is 1.55. The second-order valence-corrected chi connectivity index (χ2v) is 5.18. The number of hydrogen-bond acceptors (Lipinski definition) is 5. The monoisotopic (exact) mass is 312 g/mol. The maximum Gasteiger partial charge on any atom is 0.341 e. The Hall–Kier alpha value is -2.96. The van der Waals surface area contributed by atoms with E-state index in [1.54, 1.807) is 12.3 Å². The maximum absolute atomic E-state index is 12.8. The van der Waals surface area contributed by atoms with E-state index in [0.717, 1.165) is 5.56 Å². The van der Waals surface area contributed by atoms with E-state index in [2.05, 4.69) is 4.98 Å². The lowest BCUT2D eigenvalue weighted by atomic mass is 10.2. The first-order valence-corrected chi connectivity index (χ1v) is 7.18. The average Bonchev–Trinajstić information content (AvgIpc) is 2.55. The molecule has 0 aliphatic rings. The van der Waals surface area contributed by atoms with Gasteiger partial charge >= 0.3 is 5.97 Å². The van der Waals surface area contributed by atoms with E-state index in [9.17, 15) is 9.59 Å². The van der Waals surface area contributed by atoms with E-state index in [0.29, 0.717) is 17.8 Å². The van der Waals surface area contributed by atoms with Crippen molar-refractivity contribution in [1.29, 1.82) is 5.41 Å². The summed E-state index contributed by atoms with van der Waals surface area (Å²) in [6.45, 7) is 4.11. The Morgan fingerprint density at radius 1 is 1.39 bits per heavy atom. The normalized spacial score (nSPS) is 11.1. The van der Waals surface area contributed by atoms with Gasteiger partial charge in [0.1, 0.15) is 22.3 Å². The van der Waals surface area contributed by atoms with Gasteiger partial charge in [-0.1, -0.05) is 6.07 Å². The molecule has 3 rings (SSSR count). The zero-order valence-corrected chi connectivity index (χ0v) is 13.1. The van der Waals surface area contributed by atoms with Crippen LogP contribution >= 0.6 is 0 Å². The summed E-state index contributed by atoms with van der Waals surface area (Å²) in [5.74, 6) is -0.646. The number of rotatable bonds is 2. The molecule has 23 heavy (non-hydrogen) atoms. The van der Waals surface area contributed by atoms with E-state index in [1.165, 1.54) is 22.1 Å². The van der Waals surface area contributed by atoms with Crippen molar-refractivity contribution in [2.45, 2.75) is 20.4 Å².